The number of nitrogens with zero attached hydrogens (tertiary/aromatic N) is 1. The Morgan fingerprint density at radius 3 is 2.24 bits per heavy atom. The second kappa shape index (κ2) is 4.00. The van der Waals surface area contributed by atoms with Crippen LogP contribution in [-0.4, -0.2) is 34.3 Å². The van der Waals surface area contributed by atoms with Gasteiger partial charge in [0.25, 0.3) is 0 Å². The molecule has 2 fully saturated rings. The van der Waals surface area contributed by atoms with Gasteiger partial charge < -0.3 is 10.2 Å². The summed E-state index contributed by atoms with van der Waals surface area (Å²) < 4.78 is 0. The van der Waals surface area contributed by atoms with E-state index in [1.165, 1.54) is 6.42 Å². The summed E-state index contributed by atoms with van der Waals surface area (Å²) >= 11 is 0. The molecular formula is C13H22N2O2. The molecule has 4 heteroatoms. The highest BCUT2D eigenvalue weighted by Crippen LogP contribution is 2.35. The average Bonchev–Trinajstić information content (AvgIpc) is 2.23. The third kappa shape index (κ3) is 2.17. The molecular weight excluding hydrogens is 216 g/mol. The van der Waals surface area contributed by atoms with E-state index in [-0.39, 0.29) is 23.9 Å². The minimum Gasteiger partial charge on any atom is -0.341 e. The van der Waals surface area contributed by atoms with Gasteiger partial charge in [-0.2, -0.15) is 0 Å². The SMILES string of the molecule is CC1(C)NC(=O)CN(C2(C)CCCCC2)C1=O. The van der Waals surface area contributed by atoms with Crippen molar-refractivity contribution in [2.45, 2.75) is 64.0 Å². The molecule has 1 aliphatic carbocycles. The summed E-state index contributed by atoms with van der Waals surface area (Å²) in [5.74, 6) is 0.0166. The molecule has 1 N–H and O–H groups in total. The molecule has 2 amide bonds. The van der Waals surface area contributed by atoms with Gasteiger partial charge in [-0.3, -0.25) is 9.59 Å². The molecule has 0 bridgehead atoms. The molecule has 1 saturated heterocycles. The number of rotatable bonds is 1. The highest BCUT2D eigenvalue weighted by atomic mass is 16.2. The zero-order valence-electron chi connectivity index (χ0n) is 11.0. The van der Waals surface area contributed by atoms with Crippen LogP contribution < -0.4 is 5.32 Å². The highest BCUT2D eigenvalue weighted by molar-refractivity contribution is 5.97. The molecule has 2 aliphatic rings. The molecule has 0 spiro atoms. The van der Waals surface area contributed by atoms with Gasteiger partial charge >= 0.3 is 0 Å². The van der Waals surface area contributed by atoms with E-state index in [1.54, 1.807) is 13.8 Å². The van der Waals surface area contributed by atoms with Crippen LogP contribution in [0.15, 0.2) is 0 Å². The van der Waals surface area contributed by atoms with E-state index in [0.717, 1.165) is 25.7 Å². The van der Waals surface area contributed by atoms with Crippen LogP contribution in [0.25, 0.3) is 0 Å². The Hall–Kier alpha value is -1.06. The van der Waals surface area contributed by atoms with Crippen molar-refractivity contribution in [3.8, 4) is 0 Å². The largest absolute Gasteiger partial charge is 0.341 e. The van der Waals surface area contributed by atoms with Crippen LogP contribution in [0.2, 0.25) is 0 Å². The number of hydrogen-bond donors (Lipinski definition) is 1. The van der Waals surface area contributed by atoms with Gasteiger partial charge in [-0.05, 0) is 33.6 Å². The van der Waals surface area contributed by atoms with Crippen molar-refractivity contribution in [3.05, 3.63) is 0 Å². The zero-order chi connectivity index (χ0) is 12.7. The summed E-state index contributed by atoms with van der Waals surface area (Å²) in [6.45, 7) is 5.91. The molecule has 0 aromatic heterocycles. The third-order valence-electron chi connectivity index (χ3n) is 4.12. The van der Waals surface area contributed by atoms with Crippen LogP contribution >= 0.6 is 0 Å². The number of piperazine rings is 1. The first kappa shape index (κ1) is 12.4. The van der Waals surface area contributed by atoms with E-state index >= 15 is 0 Å². The molecule has 0 unspecified atom stereocenters. The molecule has 0 aromatic carbocycles. The summed E-state index contributed by atoms with van der Waals surface area (Å²) in [6.07, 6.45) is 5.59. The van der Waals surface area contributed by atoms with Crippen molar-refractivity contribution in [1.82, 2.24) is 10.2 Å². The van der Waals surface area contributed by atoms with E-state index < -0.39 is 5.54 Å². The predicted octanol–water partition coefficient (Wildman–Crippen LogP) is 1.45. The first-order valence-corrected chi connectivity index (χ1v) is 6.48. The normalized spacial score (nSPS) is 27.8. The minimum absolute atomic E-state index is 0.0404. The quantitative estimate of drug-likeness (QED) is 0.751. The van der Waals surface area contributed by atoms with E-state index in [9.17, 15) is 9.59 Å². The number of nitrogens with one attached hydrogen (secondary N) is 1. The Labute approximate surface area is 103 Å². The number of amides is 2. The summed E-state index contributed by atoms with van der Waals surface area (Å²) in [5, 5.41) is 2.76. The smallest absolute Gasteiger partial charge is 0.248 e. The molecule has 1 heterocycles. The van der Waals surface area contributed by atoms with Gasteiger partial charge in [-0.15, -0.1) is 0 Å². The first-order chi connectivity index (χ1) is 7.85. The van der Waals surface area contributed by atoms with Crippen molar-refractivity contribution in [3.63, 3.8) is 0 Å². The third-order valence-corrected chi connectivity index (χ3v) is 4.12. The van der Waals surface area contributed by atoms with Gasteiger partial charge in [-0.25, -0.2) is 0 Å². The Kier molecular flexibility index (Phi) is 2.92. The lowest BCUT2D eigenvalue weighted by molar-refractivity contribution is -0.155. The number of hydrogen-bond acceptors (Lipinski definition) is 2. The lowest BCUT2D eigenvalue weighted by Crippen LogP contribution is -2.68. The maximum atomic E-state index is 12.4. The van der Waals surface area contributed by atoms with Gasteiger partial charge in [0.2, 0.25) is 11.8 Å². The van der Waals surface area contributed by atoms with E-state index in [2.05, 4.69) is 12.2 Å². The van der Waals surface area contributed by atoms with E-state index in [4.69, 9.17) is 0 Å². The fourth-order valence-corrected chi connectivity index (χ4v) is 3.01. The van der Waals surface area contributed by atoms with Crippen molar-refractivity contribution in [2.75, 3.05) is 6.54 Å². The maximum absolute atomic E-state index is 12.4. The summed E-state index contributed by atoms with van der Waals surface area (Å²) in [6, 6.07) is 0. The Morgan fingerprint density at radius 1 is 1.06 bits per heavy atom. The molecule has 17 heavy (non-hydrogen) atoms. The molecule has 4 nitrogen and oxygen atoms in total. The number of carbonyl (C=O) groups is 2. The molecule has 96 valence electrons. The Bertz CT molecular complexity index is 343. The van der Waals surface area contributed by atoms with Gasteiger partial charge in [0.1, 0.15) is 12.1 Å². The van der Waals surface area contributed by atoms with Crippen LogP contribution in [0, 0.1) is 0 Å². The molecule has 0 atom stereocenters. The maximum Gasteiger partial charge on any atom is 0.248 e. The van der Waals surface area contributed by atoms with Crippen LogP contribution in [0.4, 0.5) is 0 Å². The summed E-state index contributed by atoms with van der Waals surface area (Å²) in [4.78, 5) is 25.9. The van der Waals surface area contributed by atoms with Crippen molar-refractivity contribution in [2.24, 2.45) is 0 Å². The van der Waals surface area contributed by atoms with Crippen LogP contribution in [0.3, 0.4) is 0 Å². The van der Waals surface area contributed by atoms with Gasteiger partial charge in [0.15, 0.2) is 0 Å². The monoisotopic (exact) mass is 238 g/mol. The lowest BCUT2D eigenvalue weighted by Gasteiger charge is -2.49. The van der Waals surface area contributed by atoms with Crippen molar-refractivity contribution < 1.29 is 9.59 Å². The van der Waals surface area contributed by atoms with E-state index in [0.29, 0.717) is 0 Å². The molecule has 1 saturated carbocycles. The van der Waals surface area contributed by atoms with Crippen LogP contribution in [0.1, 0.15) is 52.9 Å². The van der Waals surface area contributed by atoms with Crippen LogP contribution in [-0.2, 0) is 9.59 Å². The Balaban J connectivity index is 2.24. The Morgan fingerprint density at radius 2 is 1.65 bits per heavy atom. The average molecular weight is 238 g/mol. The molecule has 1 aliphatic heterocycles. The second-order valence-corrected chi connectivity index (χ2v) is 6.12. The van der Waals surface area contributed by atoms with Gasteiger partial charge in [0, 0.05) is 5.54 Å². The van der Waals surface area contributed by atoms with E-state index in [1.807, 2.05) is 4.90 Å². The second-order valence-electron chi connectivity index (χ2n) is 6.12. The molecule has 0 radical (unpaired) electrons. The highest BCUT2D eigenvalue weighted by Gasteiger charge is 2.46. The topological polar surface area (TPSA) is 49.4 Å². The zero-order valence-corrected chi connectivity index (χ0v) is 11.0. The molecule has 2 rings (SSSR count). The fourth-order valence-electron chi connectivity index (χ4n) is 3.01. The lowest BCUT2D eigenvalue weighted by atomic mass is 9.80. The standard InChI is InChI=1S/C13H22N2O2/c1-12(2)11(17)15(9-10(16)14-12)13(3)7-5-4-6-8-13/h4-9H2,1-3H3,(H,14,16). The molecule has 0 aromatic rings. The number of carbonyl (C=O) groups excluding carboxylic acids is 2. The summed E-state index contributed by atoms with van der Waals surface area (Å²) in [5.41, 5.74) is -0.875. The minimum atomic E-state index is -0.754. The van der Waals surface area contributed by atoms with Crippen molar-refractivity contribution in [1.29, 1.82) is 0 Å². The van der Waals surface area contributed by atoms with Crippen LogP contribution in [0.5, 0.6) is 0 Å². The van der Waals surface area contributed by atoms with Crippen molar-refractivity contribution >= 4 is 11.8 Å². The summed E-state index contributed by atoms with van der Waals surface area (Å²) in [7, 11) is 0. The first-order valence-electron chi connectivity index (χ1n) is 6.48. The fraction of sp³-hybridized carbons (Fsp3) is 0.846. The van der Waals surface area contributed by atoms with Gasteiger partial charge in [0.05, 0.1) is 0 Å². The van der Waals surface area contributed by atoms with Gasteiger partial charge in [-0.1, -0.05) is 19.3 Å². The predicted molar refractivity (Wildman–Crippen MR) is 65.4 cm³/mol.